The van der Waals surface area contributed by atoms with E-state index in [1.165, 1.54) is 18.3 Å². The Morgan fingerprint density at radius 2 is 1.60 bits per heavy atom. The molecule has 0 saturated heterocycles. The van der Waals surface area contributed by atoms with E-state index in [4.69, 9.17) is 0 Å². The van der Waals surface area contributed by atoms with E-state index in [1.54, 1.807) is 42.6 Å². The third-order valence-corrected chi connectivity index (χ3v) is 5.64. The van der Waals surface area contributed by atoms with Crippen molar-refractivity contribution in [2.75, 3.05) is 0 Å². The Hall–Kier alpha value is -3.63. The van der Waals surface area contributed by atoms with Crippen LogP contribution in [0.5, 0.6) is 0 Å². The molecule has 0 atom stereocenters. The summed E-state index contributed by atoms with van der Waals surface area (Å²) in [5.74, 6) is -0.233. The van der Waals surface area contributed by atoms with Crippen LogP contribution in [0.25, 0.3) is 0 Å². The molecule has 0 radical (unpaired) electrons. The minimum Gasteiger partial charge on any atom is -0.348 e. The predicted octanol–water partition coefficient (Wildman–Crippen LogP) is 2.40. The zero-order valence-electron chi connectivity index (χ0n) is 15.7. The average molecular weight is 426 g/mol. The van der Waals surface area contributed by atoms with Crippen molar-refractivity contribution < 1.29 is 18.1 Å². The number of nitro groups is 1. The molecule has 0 aliphatic heterocycles. The molecule has 0 saturated carbocycles. The summed E-state index contributed by atoms with van der Waals surface area (Å²) in [4.78, 5) is 26.0. The maximum atomic E-state index is 12.3. The van der Waals surface area contributed by atoms with Gasteiger partial charge in [0, 0.05) is 37.6 Å². The van der Waals surface area contributed by atoms with Gasteiger partial charge in [-0.25, -0.2) is 13.1 Å². The molecule has 1 aromatic heterocycles. The number of aromatic nitrogens is 1. The number of hydrogen-bond acceptors (Lipinski definition) is 6. The van der Waals surface area contributed by atoms with Crippen molar-refractivity contribution in [3.05, 3.63) is 99.9 Å². The maximum Gasteiger partial charge on any atom is 0.269 e. The van der Waals surface area contributed by atoms with Crippen LogP contribution in [-0.2, 0) is 23.1 Å². The Morgan fingerprint density at radius 1 is 0.967 bits per heavy atom. The summed E-state index contributed by atoms with van der Waals surface area (Å²) in [5, 5.41) is 13.5. The standard InChI is InChI=1S/C20H18N4O5S/c25-20(17-2-1-11-21-14-17)22-12-15-3-5-16(6-4-15)13-23-30(28,29)19-9-7-18(8-10-19)24(26)27/h1-11,14,23H,12-13H2,(H,22,25). The summed E-state index contributed by atoms with van der Waals surface area (Å²) >= 11 is 0. The third kappa shape index (κ3) is 5.46. The van der Waals surface area contributed by atoms with Gasteiger partial charge in [-0.05, 0) is 35.4 Å². The van der Waals surface area contributed by atoms with E-state index in [-0.39, 0.29) is 23.0 Å². The number of amides is 1. The van der Waals surface area contributed by atoms with Crippen LogP contribution in [0.1, 0.15) is 21.5 Å². The lowest BCUT2D eigenvalue weighted by Gasteiger charge is -2.08. The molecule has 30 heavy (non-hydrogen) atoms. The first kappa shape index (κ1) is 21.1. The number of pyridine rings is 1. The first-order valence-electron chi connectivity index (χ1n) is 8.85. The zero-order valence-corrected chi connectivity index (χ0v) is 16.5. The molecule has 1 amide bonds. The Balaban J connectivity index is 1.55. The summed E-state index contributed by atoms with van der Waals surface area (Å²) in [6.07, 6.45) is 3.07. The van der Waals surface area contributed by atoms with Crippen LogP contribution in [0.2, 0.25) is 0 Å². The second kappa shape index (κ2) is 9.25. The van der Waals surface area contributed by atoms with Crippen molar-refractivity contribution >= 4 is 21.6 Å². The van der Waals surface area contributed by atoms with Gasteiger partial charge < -0.3 is 5.32 Å². The second-order valence-corrected chi connectivity index (χ2v) is 8.08. The van der Waals surface area contributed by atoms with Crippen molar-refractivity contribution in [2.45, 2.75) is 18.0 Å². The first-order valence-corrected chi connectivity index (χ1v) is 10.3. The number of carbonyl (C=O) groups excluding carboxylic acids is 1. The van der Waals surface area contributed by atoms with E-state index >= 15 is 0 Å². The highest BCUT2D eigenvalue weighted by Crippen LogP contribution is 2.16. The molecule has 2 aromatic carbocycles. The number of non-ortho nitro benzene ring substituents is 1. The molecular formula is C20H18N4O5S. The van der Waals surface area contributed by atoms with E-state index in [2.05, 4.69) is 15.0 Å². The number of nitrogens with zero attached hydrogens (tertiary/aromatic N) is 2. The lowest BCUT2D eigenvalue weighted by molar-refractivity contribution is -0.384. The molecule has 1 heterocycles. The van der Waals surface area contributed by atoms with E-state index in [9.17, 15) is 23.3 Å². The summed E-state index contributed by atoms with van der Waals surface area (Å²) in [6, 6.07) is 15.1. The van der Waals surface area contributed by atoms with Crippen LogP contribution in [0.4, 0.5) is 5.69 Å². The quantitative estimate of drug-likeness (QED) is 0.420. The van der Waals surface area contributed by atoms with Gasteiger partial charge in [0.05, 0.1) is 15.4 Å². The molecule has 0 bridgehead atoms. The molecule has 0 aliphatic rings. The highest BCUT2D eigenvalue weighted by atomic mass is 32.2. The molecule has 154 valence electrons. The largest absolute Gasteiger partial charge is 0.348 e. The maximum absolute atomic E-state index is 12.3. The van der Waals surface area contributed by atoms with Crippen molar-refractivity contribution in [3.8, 4) is 0 Å². The molecule has 0 aliphatic carbocycles. The molecular weight excluding hydrogens is 408 g/mol. The Labute approximate surface area is 173 Å². The fourth-order valence-electron chi connectivity index (χ4n) is 2.57. The number of benzene rings is 2. The minimum absolute atomic E-state index is 0.0529. The van der Waals surface area contributed by atoms with Crippen molar-refractivity contribution in [2.24, 2.45) is 0 Å². The van der Waals surface area contributed by atoms with Crippen LogP contribution >= 0.6 is 0 Å². The molecule has 0 spiro atoms. The summed E-state index contributed by atoms with van der Waals surface area (Å²) in [6.45, 7) is 0.379. The van der Waals surface area contributed by atoms with Crippen molar-refractivity contribution in [3.63, 3.8) is 0 Å². The van der Waals surface area contributed by atoms with Crippen molar-refractivity contribution in [1.29, 1.82) is 0 Å². The molecule has 3 aromatic rings. The van der Waals surface area contributed by atoms with Crippen LogP contribution < -0.4 is 10.0 Å². The third-order valence-electron chi connectivity index (χ3n) is 4.22. The molecule has 10 heteroatoms. The topological polar surface area (TPSA) is 131 Å². The van der Waals surface area contributed by atoms with E-state index < -0.39 is 14.9 Å². The minimum atomic E-state index is -3.80. The van der Waals surface area contributed by atoms with Gasteiger partial charge in [0.15, 0.2) is 0 Å². The van der Waals surface area contributed by atoms with E-state index in [1.807, 2.05) is 0 Å². The number of nitrogens with one attached hydrogen (secondary N) is 2. The highest BCUT2D eigenvalue weighted by molar-refractivity contribution is 7.89. The predicted molar refractivity (Wildman–Crippen MR) is 109 cm³/mol. The number of sulfonamides is 1. The van der Waals surface area contributed by atoms with Gasteiger partial charge in [-0.3, -0.25) is 19.9 Å². The molecule has 0 fully saturated rings. The molecule has 0 unspecified atom stereocenters. The summed E-state index contributed by atoms with van der Waals surface area (Å²) in [7, 11) is -3.80. The normalized spacial score (nSPS) is 11.1. The number of rotatable bonds is 8. The van der Waals surface area contributed by atoms with Crippen LogP contribution in [0, 0.1) is 10.1 Å². The molecule has 3 rings (SSSR count). The lowest BCUT2D eigenvalue weighted by atomic mass is 10.1. The van der Waals surface area contributed by atoms with E-state index in [0.717, 1.165) is 23.3 Å². The Bertz CT molecular complexity index is 1130. The fourth-order valence-corrected chi connectivity index (χ4v) is 3.58. The highest BCUT2D eigenvalue weighted by Gasteiger charge is 2.15. The Morgan fingerprint density at radius 3 is 2.17 bits per heavy atom. The number of carbonyl (C=O) groups is 1. The van der Waals surface area contributed by atoms with Gasteiger partial charge in [-0.15, -0.1) is 0 Å². The number of nitro benzene ring substituents is 1. The van der Waals surface area contributed by atoms with Gasteiger partial charge in [0.25, 0.3) is 11.6 Å². The summed E-state index contributed by atoms with van der Waals surface area (Å²) < 4.78 is 27.1. The second-order valence-electron chi connectivity index (χ2n) is 6.32. The van der Waals surface area contributed by atoms with Gasteiger partial charge in [0.1, 0.15) is 0 Å². The van der Waals surface area contributed by atoms with Crippen molar-refractivity contribution in [1.82, 2.24) is 15.0 Å². The Kier molecular flexibility index (Phi) is 6.50. The fraction of sp³-hybridized carbons (Fsp3) is 0.100. The molecule has 9 nitrogen and oxygen atoms in total. The summed E-state index contributed by atoms with van der Waals surface area (Å²) in [5.41, 5.74) is 1.87. The smallest absolute Gasteiger partial charge is 0.269 e. The average Bonchev–Trinajstić information content (AvgIpc) is 2.77. The van der Waals surface area contributed by atoms with Gasteiger partial charge >= 0.3 is 0 Å². The van der Waals surface area contributed by atoms with Gasteiger partial charge in [0.2, 0.25) is 10.0 Å². The van der Waals surface area contributed by atoms with Gasteiger partial charge in [-0.2, -0.15) is 0 Å². The zero-order chi connectivity index (χ0) is 21.6. The van der Waals surface area contributed by atoms with E-state index in [0.29, 0.717) is 12.1 Å². The molecule has 2 N–H and O–H groups in total. The van der Waals surface area contributed by atoms with Crippen LogP contribution in [0.3, 0.4) is 0 Å². The lowest BCUT2D eigenvalue weighted by Crippen LogP contribution is -2.23. The van der Waals surface area contributed by atoms with Gasteiger partial charge in [-0.1, -0.05) is 24.3 Å². The van der Waals surface area contributed by atoms with Crippen LogP contribution in [0.15, 0.2) is 78.0 Å². The monoisotopic (exact) mass is 426 g/mol. The van der Waals surface area contributed by atoms with Crippen LogP contribution in [-0.4, -0.2) is 24.2 Å². The number of hydrogen-bond donors (Lipinski definition) is 2. The SMILES string of the molecule is O=C(NCc1ccc(CNS(=O)(=O)c2ccc([N+](=O)[O-])cc2)cc1)c1cccnc1. The first-order chi connectivity index (χ1) is 14.3.